The molecule has 0 unspecified atom stereocenters. The van der Waals surface area contributed by atoms with Gasteiger partial charge in [-0.05, 0) is 25.0 Å². The molecule has 4 rings (SSSR count). The molecular weight excluding hydrogens is 326 g/mol. The number of benzene rings is 1. The van der Waals surface area contributed by atoms with Crippen LogP contribution in [-0.4, -0.2) is 43.4 Å². The first-order chi connectivity index (χ1) is 12.7. The maximum atomic E-state index is 12.6. The number of carbonyl (C=O) groups is 1. The summed E-state index contributed by atoms with van der Waals surface area (Å²) in [7, 11) is 1.96. The Bertz CT molecular complexity index is 897. The number of aromatic nitrogens is 4. The van der Waals surface area contributed by atoms with Crippen molar-refractivity contribution in [2.24, 2.45) is 7.05 Å². The Morgan fingerprint density at radius 3 is 2.50 bits per heavy atom. The van der Waals surface area contributed by atoms with E-state index in [2.05, 4.69) is 15.0 Å². The largest absolute Gasteiger partial charge is 0.339 e. The molecule has 1 aromatic carbocycles. The molecule has 1 fully saturated rings. The summed E-state index contributed by atoms with van der Waals surface area (Å²) in [4.78, 5) is 27.9. The number of hydrogen-bond acceptors (Lipinski definition) is 4. The predicted molar refractivity (Wildman–Crippen MR) is 98.6 cm³/mol. The smallest absolute Gasteiger partial charge is 0.253 e. The van der Waals surface area contributed by atoms with Crippen LogP contribution >= 0.6 is 0 Å². The Morgan fingerprint density at radius 1 is 1.08 bits per heavy atom. The fourth-order valence-electron chi connectivity index (χ4n) is 3.55. The summed E-state index contributed by atoms with van der Waals surface area (Å²) in [6.07, 6.45) is 8.84. The van der Waals surface area contributed by atoms with Crippen LogP contribution in [0.5, 0.6) is 0 Å². The van der Waals surface area contributed by atoms with E-state index in [4.69, 9.17) is 0 Å². The van der Waals surface area contributed by atoms with Gasteiger partial charge in [-0.2, -0.15) is 0 Å². The highest BCUT2D eigenvalue weighted by Crippen LogP contribution is 2.32. The molecule has 0 N–H and O–H groups in total. The van der Waals surface area contributed by atoms with Crippen molar-refractivity contribution in [3.8, 4) is 11.4 Å². The average molecular weight is 347 g/mol. The van der Waals surface area contributed by atoms with Crippen molar-refractivity contribution >= 4 is 5.91 Å². The summed E-state index contributed by atoms with van der Waals surface area (Å²) in [5.74, 6) is 0.406. The van der Waals surface area contributed by atoms with Crippen molar-refractivity contribution in [1.82, 2.24) is 24.4 Å². The maximum absolute atomic E-state index is 12.6. The maximum Gasteiger partial charge on any atom is 0.253 e. The molecule has 2 aromatic heterocycles. The molecule has 0 aliphatic carbocycles. The molecular formula is C20H21N5O. The predicted octanol–water partition coefficient (Wildman–Crippen LogP) is 2.90. The SMILES string of the molecule is Cn1cncc1-c1nccnc1C1CCN(C(=O)c2ccccc2)CC1. The third-order valence-corrected chi connectivity index (χ3v) is 4.98. The first kappa shape index (κ1) is 16.4. The van der Waals surface area contributed by atoms with Crippen molar-refractivity contribution in [2.75, 3.05) is 13.1 Å². The van der Waals surface area contributed by atoms with E-state index in [1.54, 1.807) is 18.7 Å². The van der Waals surface area contributed by atoms with Gasteiger partial charge in [0.2, 0.25) is 0 Å². The molecule has 3 aromatic rings. The van der Waals surface area contributed by atoms with Gasteiger partial charge in [-0.3, -0.25) is 14.8 Å². The van der Waals surface area contributed by atoms with Gasteiger partial charge in [0, 0.05) is 44.0 Å². The van der Waals surface area contributed by atoms with E-state index in [1.165, 1.54) is 0 Å². The van der Waals surface area contributed by atoms with Crippen LogP contribution in [0.3, 0.4) is 0 Å². The molecule has 3 heterocycles. The Balaban J connectivity index is 1.51. The van der Waals surface area contributed by atoms with Crippen molar-refractivity contribution in [2.45, 2.75) is 18.8 Å². The highest BCUT2D eigenvalue weighted by Gasteiger charge is 2.27. The molecule has 1 aliphatic rings. The van der Waals surface area contributed by atoms with E-state index in [9.17, 15) is 4.79 Å². The van der Waals surface area contributed by atoms with Crippen LogP contribution < -0.4 is 0 Å². The van der Waals surface area contributed by atoms with Gasteiger partial charge in [-0.25, -0.2) is 4.98 Å². The van der Waals surface area contributed by atoms with Crippen molar-refractivity contribution in [3.05, 3.63) is 66.5 Å². The van der Waals surface area contributed by atoms with Crippen molar-refractivity contribution in [3.63, 3.8) is 0 Å². The Labute approximate surface area is 152 Å². The third-order valence-electron chi connectivity index (χ3n) is 4.98. The van der Waals surface area contributed by atoms with Crippen LogP contribution in [0, 0.1) is 0 Å². The quantitative estimate of drug-likeness (QED) is 0.731. The minimum atomic E-state index is 0.107. The van der Waals surface area contributed by atoms with Crippen LogP contribution in [0.25, 0.3) is 11.4 Å². The molecule has 132 valence electrons. The zero-order valence-corrected chi connectivity index (χ0v) is 14.7. The number of amides is 1. The number of piperidine rings is 1. The summed E-state index contributed by atoms with van der Waals surface area (Å²) in [5.41, 5.74) is 3.61. The van der Waals surface area contributed by atoms with Gasteiger partial charge in [0.15, 0.2) is 0 Å². The van der Waals surface area contributed by atoms with E-state index in [0.717, 1.165) is 48.6 Å². The second kappa shape index (κ2) is 7.07. The molecule has 6 nitrogen and oxygen atoms in total. The molecule has 0 radical (unpaired) electrons. The molecule has 0 spiro atoms. The molecule has 1 amide bonds. The Morgan fingerprint density at radius 2 is 1.81 bits per heavy atom. The van der Waals surface area contributed by atoms with Gasteiger partial charge in [0.1, 0.15) is 5.69 Å². The average Bonchev–Trinajstić information content (AvgIpc) is 3.14. The zero-order chi connectivity index (χ0) is 17.9. The van der Waals surface area contributed by atoms with E-state index in [1.807, 2.05) is 53.0 Å². The number of aryl methyl sites for hydroxylation is 1. The minimum absolute atomic E-state index is 0.107. The lowest BCUT2D eigenvalue weighted by molar-refractivity contribution is 0.0712. The monoisotopic (exact) mass is 347 g/mol. The number of nitrogens with zero attached hydrogens (tertiary/aromatic N) is 5. The van der Waals surface area contributed by atoms with Gasteiger partial charge in [0.25, 0.3) is 5.91 Å². The molecule has 26 heavy (non-hydrogen) atoms. The fourth-order valence-corrected chi connectivity index (χ4v) is 3.55. The highest BCUT2D eigenvalue weighted by atomic mass is 16.2. The molecule has 1 saturated heterocycles. The van der Waals surface area contributed by atoms with Gasteiger partial charge in [-0.15, -0.1) is 0 Å². The summed E-state index contributed by atoms with van der Waals surface area (Å²) in [5, 5.41) is 0. The lowest BCUT2D eigenvalue weighted by Gasteiger charge is -2.32. The second-order valence-corrected chi connectivity index (χ2v) is 6.61. The molecule has 0 bridgehead atoms. The molecule has 0 saturated carbocycles. The van der Waals surface area contributed by atoms with Crippen molar-refractivity contribution < 1.29 is 4.79 Å². The molecule has 0 atom stereocenters. The normalized spacial score (nSPS) is 15.2. The summed E-state index contributed by atoms with van der Waals surface area (Å²) in [6.45, 7) is 1.47. The third kappa shape index (κ3) is 3.10. The van der Waals surface area contributed by atoms with Gasteiger partial charge >= 0.3 is 0 Å². The number of carbonyl (C=O) groups excluding carboxylic acids is 1. The lowest BCUT2D eigenvalue weighted by atomic mass is 9.91. The zero-order valence-electron chi connectivity index (χ0n) is 14.7. The fraction of sp³-hybridized carbons (Fsp3) is 0.300. The van der Waals surface area contributed by atoms with Gasteiger partial charge in [-0.1, -0.05) is 18.2 Å². The number of imidazole rings is 1. The second-order valence-electron chi connectivity index (χ2n) is 6.61. The summed E-state index contributed by atoms with van der Waals surface area (Å²) in [6, 6.07) is 9.48. The first-order valence-corrected chi connectivity index (χ1v) is 8.86. The highest BCUT2D eigenvalue weighted by molar-refractivity contribution is 5.94. The number of hydrogen-bond donors (Lipinski definition) is 0. The first-order valence-electron chi connectivity index (χ1n) is 8.86. The van der Waals surface area contributed by atoms with E-state index in [0.29, 0.717) is 5.92 Å². The van der Waals surface area contributed by atoms with Crippen LogP contribution in [-0.2, 0) is 7.05 Å². The van der Waals surface area contributed by atoms with Crippen molar-refractivity contribution in [1.29, 1.82) is 0 Å². The minimum Gasteiger partial charge on any atom is -0.339 e. The van der Waals surface area contributed by atoms with Crippen LogP contribution in [0.15, 0.2) is 55.2 Å². The van der Waals surface area contributed by atoms with E-state index >= 15 is 0 Å². The molecule has 6 heteroatoms. The number of likely N-dealkylation sites (tertiary alicyclic amines) is 1. The van der Waals surface area contributed by atoms with E-state index in [-0.39, 0.29) is 5.91 Å². The summed E-state index contributed by atoms with van der Waals surface area (Å²) < 4.78 is 1.96. The topological polar surface area (TPSA) is 63.9 Å². The standard InChI is InChI=1S/C20H21N5O/c1-24-14-21-13-17(24)19-18(22-9-10-23-19)15-7-11-25(12-8-15)20(26)16-5-3-2-4-6-16/h2-6,9-10,13-15H,7-8,11-12H2,1H3. The lowest BCUT2D eigenvalue weighted by Crippen LogP contribution is -2.38. The van der Waals surface area contributed by atoms with E-state index < -0.39 is 0 Å². The van der Waals surface area contributed by atoms with Crippen LogP contribution in [0.2, 0.25) is 0 Å². The van der Waals surface area contributed by atoms with Gasteiger partial charge in [0.05, 0.1) is 23.9 Å². The Kier molecular flexibility index (Phi) is 4.48. The van der Waals surface area contributed by atoms with Crippen LogP contribution in [0.4, 0.5) is 0 Å². The summed E-state index contributed by atoms with van der Waals surface area (Å²) >= 11 is 0. The Hall–Kier alpha value is -3.02. The molecule has 1 aliphatic heterocycles. The van der Waals surface area contributed by atoms with Gasteiger partial charge < -0.3 is 9.47 Å². The van der Waals surface area contributed by atoms with Crippen LogP contribution in [0.1, 0.15) is 34.8 Å². The number of rotatable bonds is 3.